The molecule has 1 aliphatic rings. The van der Waals surface area contributed by atoms with Crippen LogP contribution in [0.5, 0.6) is 0 Å². The molecule has 0 aliphatic carbocycles. The first-order valence-electron chi connectivity index (χ1n) is 10.9. The standard InChI is InChI=1S/C25H28N6O/c1-29-14-16-30(17-15-29)25-20(6-4-12-27-25)18-28-24(32)10-9-21-19-31(13-5-11-26)23-8-3-2-7-22(21)23/h2-4,6-10,12,19H,5,13-18H2,1H3,(H,28,32)/b10-9+. The molecule has 0 radical (unpaired) electrons. The van der Waals surface area contributed by atoms with Crippen molar-refractivity contribution in [2.24, 2.45) is 0 Å². The summed E-state index contributed by atoms with van der Waals surface area (Å²) in [6.07, 6.45) is 7.66. The van der Waals surface area contributed by atoms with Crippen molar-refractivity contribution in [2.75, 3.05) is 38.1 Å². The molecule has 7 nitrogen and oxygen atoms in total. The third-order valence-corrected chi connectivity index (χ3v) is 5.82. The largest absolute Gasteiger partial charge is 0.354 e. The zero-order chi connectivity index (χ0) is 22.3. The number of aryl methyl sites for hydroxylation is 1. The zero-order valence-corrected chi connectivity index (χ0v) is 18.4. The number of nitrogens with one attached hydrogen (secondary N) is 1. The number of amides is 1. The van der Waals surface area contributed by atoms with Gasteiger partial charge < -0.3 is 19.7 Å². The summed E-state index contributed by atoms with van der Waals surface area (Å²) in [5.74, 6) is 0.803. The Kier molecular flexibility index (Phi) is 6.83. The number of piperazine rings is 1. The number of likely N-dealkylation sites (N-methyl/N-ethyl adjacent to an activating group) is 1. The Morgan fingerprint density at radius 3 is 2.81 bits per heavy atom. The van der Waals surface area contributed by atoms with Crippen molar-refractivity contribution < 1.29 is 4.79 Å². The van der Waals surface area contributed by atoms with Crippen molar-refractivity contribution in [3.05, 3.63) is 66.0 Å². The van der Waals surface area contributed by atoms with Crippen LogP contribution in [0.4, 0.5) is 5.82 Å². The maximum absolute atomic E-state index is 12.5. The van der Waals surface area contributed by atoms with Gasteiger partial charge in [-0.25, -0.2) is 4.98 Å². The molecule has 0 atom stereocenters. The first-order valence-corrected chi connectivity index (χ1v) is 10.9. The average Bonchev–Trinajstić information content (AvgIpc) is 3.18. The molecule has 1 N–H and O–H groups in total. The van der Waals surface area contributed by atoms with E-state index in [0.717, 1.165) is 54.0 Å². The summed E-state index contributed by atoms with van der Waals surface area (Å²) in [5.41, 5.74) is 3.05. The lowest BCUT2D eigenvalue weighted by atomic mass is 10.1. The van der Waals surface area contributed by atoms with E-state index in [9.17, 15) is 4.79 Å². The Morgan fingerprint density at radius 1 is 1.19 bits per heavy atom. The van der Waals surface area contributed by atoms with Crippen LogP contribution in [0.1, 0.15) is 17.5 Å². The maximum Gasteiger partial charge on any atom is 0.244 e. The number of para-hydroxylation sites is 1. The van der Waals surface area contributed by atoms with E-state index in [2.05, 4.69) is 37.8 Å². The highest BCUT2D eigenvalue weighted by Crippen LogP contribution is 2.23. The summed E-state index contributed by atoms with van der Waals surface area (Å²) in [6.45, 7) is 4.95. The van der Waals surface area contributed by atoms with Gasteiger partial charge in [-0.05, 0) is 25.3 Å². The van der Waals surface area contributed by atoms with Crippen LogP contribution in [0, 0.1) is 11.3 Å². The van der Waals surface area contributed by atoms with Crippen molar-refractivity contribution in [3.8, 4) is 6.07 Å². The minimum absolute atomic E-state index is 0.146. The van der Waals surface area contributed by atoms with E-state index in [0.29, 0.717) is 19.5 Å². The molecule has 32 heavy (non-hydrogen) atoms. The van der Waals surface area contributed by atoms with E-state index in [1.807, 2.05) is 48.7 Å². The lowest BCUT2D eigenvalue weighted by Gasteiger charge is -2.34. The molecule has 1 aliphatic heterocycles. The van der Waals surface area contributed by atoms with Gasteiger partial charge in [0, 0.05) is 79.8 Å². The van der Waals surface area contributed by atoms with Crippen molar-refractivity contribution in [1.82, 2.24) is 19.8 Å². The molecule has 0 spiro atoms. The summed E-state index contributed by atoms with van der Waals surface area (Å²) in [4.78, 5) is 21.7. The lowest BCUT2D eigenvalue weighted by molar-refractivity contribution is -0.116. The van der Waals surface area contributed by atoms with Crippen LogP contribution in [0.15, 0.2) is 54.9 Å². The number of hydrogen-bond acceptors (Lipinski definition) is 5. The zero-order valence-electron chi connectivity index (χ0n) is 18.4. The van der Waals surface area contributed by atoms with Crippen LogP contribution < -0.4 is 10.2 Å². The van der Waals surface area contributed by atoms with Gasteiger partial charge in [0.25, 0.3) is 0 Å². The van der Waals surface area contributed by atoms with Gasteiger partial charge in [0.1, 0.15) is 5.82 Å². The van der Waals surface area contributed by atoms with Gasteiger partial charge in [-0.3, -0.25) is 4.79 Å². The second kappa shape index (κ2) is 10.1. The predicted molar refractivity (Wildman–Crippen MR) is 127 cm³/mol. The summed E-state index contributed by atoms with van der Waals surface area (Å²) in [7, 11) is 2.13. The van der Waals surface area contributed by atoms with E-state index in [1.54, 1.807) is 12.3 Å². The van der Waals surface area contributed by atoms with Crippen LogP contribution in [0.2, 0.25) is 0 Å². The molecule has 7 heteroatoms. The molecular weight excluding hydrogens is 400 g/mol. The molecule has 1 amide bonds. The number of hydrogen-bond donors (Lipinski definition) is 1. The number of carbonyl (C=O) groups excluding carboxylic acids is 1. The summed E-state index contributed by atoms with van der Waals surface area (Å²) < 4.78 is 2.06. The van der Waals surface area contributed by atoms with Crippen molar-refractivity contribution in [1.29, 1.82) is 5.26 Å². The van der Waals surface area contributed by atoms with Gasteiger partial charge in [0.15, 0.2) is 0 Å². The first kappa shape index (κ1) is 21.6. The van der Waals surface area contributed by atoms with Gasteiger partial charge in [-0.2, -0.15) is 5.26 Å². The van der Waals surface area contributed by atoms with Crippen LogP contribution in [-0.4, -0.2) is 53.6 Å². The number of fused-ring (bicyclic) bond motifs is 1. The highest BCUT2D eigenvalue weighted by atomic mass is 16.1. The van der Waals surface area contributed by atoms with Gasteiger partial charge in [0.05, 0.1) is 12.5 Å². The summed E-state index contributed by atoms with van der Waals surface area (Å²) in [5, 5.41) is 13.0. The quantitative estimate of drug-likeness (QED) is 0.586. The van der Waals surface area contributed by atoms with E-state index < -0.39 is 0 Å². The fraction of sp³-hybridized carbons (Fsp3) is 0.320. The number of benzene rings is 1. The van der Waals surface area contributed by atoms with Crippen molar-refractivity contribution >= 4 is 28.7 Å². The molecule has 0 unspecified atom stereocenters. The molecule has 164 valence electrons. The lowest BCUT2D eigenvalue weighted by Crippen LogP contribution is -2.45. The Morgan fingerprint density at radius 2 is 2.00 bits per heavy atom. The summed E-state index contributed by atoms with van der Waals surface area (Å²) in [6, 6.07) is 14.2. The first-order chi connectivity index (χ1) is 15.7. The normalized spacial score (nSPS) is 14.7. The Bertz CT molecular complexity index is 1150. The highest BCUT2D eigenvalue weighted by molar-refractivity contribution is 5.96. The van der Waals surface area contributed by atoms with Gasteiger partial charge in [-0.1, -0.05) is 24.3 Å². The van der Waals surface area contributed by atoms with Crippen LogP contribution in [0.3, 0.4) is 0 Å². The second-order valence-electron chi connectivity index (χ2n) is 8.03. The molecule has 3 heterocycles. The highest BCUT2D eigenvalue weighted by Gasteiger charge is 2.18. The number of nitrogens with zero attached hydrogens (tertiary/aromatic N) is 5. The Balaban J connectivity index is 1.43. The smallest absolute Gasteiger partial charge is 0.244 e. The maximum atomic E-state index is 12.5. The fourth-order valence-corrected chi connectivity index (χ4v) is 4.04. The number of pyridine rings is 1. The monoisotopic (exact) mass is 428 g/mol. The predicted octanol–water partition coefficient (Wildman–Crippen LogP) is 3.03. The van der Waals surface area contributed by atoms with E-state index >= 15 is 0 Å². The van der Waals surface area contributed by atoms with Crippen LogP contribution in [-0.2, 0) is 17.9 Å². The SMILES string of the molecule is CN1CCN(c2ncccc2CNC(=O)/C=C/c2cn(CCC#N)c3ccccc23)CC1. The fourth-order valence-electron chi connectivity index (χ4n) is 4.04. The van der Waals surface area contributed by atoms with Gasteiger partial charge in [-0.15, -0.1) is 0 Å². The van der Waals surface area contributed by atoms with Gasteiger partial charge in [0.2, 0.25) is 5.91 Å². The molecule has 1 fully saturated rings. The minimum atomic E-state index is -0.146. The minimum Gasteiger partial charge on any atom is -0.354 e. The molecule has 0 bridgehead atoms. The van der Waals surface area contributed by atoms with E-state index in [4.69, 9.17) is 5.26 Å². The van der Waals surface area contributed by atoms with E-state index in [-0.39, 0.29) is 5.91 Å². The number of nitriles is 1. The van der Waals surface area contributed by atoms with Crippen LogP contribution >= 0.6 is 0 Å². The topological polar surface area (TPSA) is 77.2 Å². The molecule has 0 saturated carbocycles. The van der Waals surface area contributed by atoms with Gasteiger partial charge >= 0.3 is 0 Å². The molecule has 1 saturated heterocycles. The molecule has 2 aromatic heterocycles. The summed E-state index contributed by atoms with van der Waals surface area (Å²) >= 11 is 0. The van der Waals surface area contributed by atoms with E-state index in [1.165, 1.54) is 0 Å². The van der Waals surface area contributed by atoms with Crippen molar-refractivity contribution in [2.45, 2.75) is 19.5 Å². The third-order valence-electron chi connectivity index (χ3n) is 5.82. The number of carbonyl (C=O) groups is 1. The number of aromatic nitrogens is 2. The molecular formula is C25H28N6O. The van der Waals surface area contributed by atoms with Crippen molar-refractivity contribution in [3.63, 3.8) is 0 Å². The average molecular weight is 429 g/mol. The second-order valence-corrected chi connectivity index (χ2v) is 8.03. The molecule has 1 aromatic carbocycles. The molecule has 4 rings (SSSR count). The third kappa shape index (κ3) is 4.98. The number of rotatable bonds is 7. The number of anilines is 1. The van der Waals surface area contributed by atoms with Crippen LogP contribution in [0.25, 0.3) is 17.0 Å². The Hall–Kier alpha value is -3.63. The Labute approximate surface area is 188 Å². The molecule has 3 aromatic rings.